The van der Waals surface area contributed by atoms with Crippen molar-refractivity contribution in [3.05, 3.63) is 60.2 Å². The van der Waals surface area contributed by atoms with E-state index in [0.29, 0.717) is 0 Å². The monoisotopic (exact) mass is 295 g/mol. The van der Waals surface area contributed by atoms with Crippen molar-refractivity contribution in [1.82, 2.24) is 0 Å². The van der Waals surface area contributed by atoms with Crippen LogP contribution in [0.15, 0.2) is 54.6 Å². The van der Waals surface area contributed by atoms with Gasteiger partial charge in [-0.1, -0.05) is 30.3 Å². The first kappa shape index (κ1) is 14.3. The van der Waals surface area contributed by atoms with E-state index < -0.39 is 5.92 Å². The lowest BCUT2D eigenvalue weighted by molar-refractivity contribution is -0.138. The topological polar surface area (TPSA) is 46.6 Å². The van der Waals surface area contributed by atoms with Gasteiger partial charge < -0.3 is 9.64 Å². The fraction of sp³-hybridized carbons (Fsp3) is 0.222. The molecule has 0 spiro atoms. The molecule has 22 heavy (non-hydrogen) atoms. The molecule has 0 aliphatic carbocycles. The molecule has 4 nitrogen and oxygen atoms in total. The lowest BCUT2D eigenvalue weighted by atomic mass is 9.79. The number of carbonyl (C=O) groups excluding carboxylic acids is 2. The summed E-state index contributed by atoms with van der Waals surface area (Å²) >= 11 is 0. The third kappa shape index (κ3) is 2.26. The Bertz CT molecular complexity index is 694. The Kier molecular flexibility index (Phi) is 3.67. The number of β-lactam (4-membered cyclic amide) rings is 1. The van der Waals surface area contributed by atoms with Gasteiger partial charge in [-0.15, -0.1) is 0 Å². The number of hydrogen-bond donors (Lipinski definition) is 0. The molecule has 1 fully saturated rings. The standard InChI is InChI=1S/C18H17NO3/c1-12(20)16-17(13-6-4-3-5-7-13)19(18(16)21)14-8-10-15(22-2)11-9-14/h3-11,16-17H,1-2H3. The number of nitrogens with zero attached hydrogens (tertiary/aromatic N) is 1. The van der Waals surface area contributed by atoms with Crippen LogP contribution in [0, 0.1) is 5.92 Å². The number of benzene rings is 2. The van der Waals surface area contributed by atoms with Crippen molar-refractivity contribution >= 4 is 17.4 Å². The molecule has 2 unspecified atom stereocenters. The Balaban J connectivity index is 1.98. The average Bonchev–Trinajstić information content (AvgIpc) is 2.53. The van der Waals surface area contributed by atoms with Gasteiger partial charge in [0, 0.05) is 5.69 Å². The fourth-order valence-corrected chi connectivity index (χ4v) is 2.91. The molecular weight excluding hydrogens is 278 g/mol. The smallest absolute Gasteiger partial charge is 0.240 e. The van der Waals surface area contributed by atoms with Gasteiger partial charge in [0.1, 0.15) is 17.5 Å². The molecule has 1 amide bonds. The van der Waals surface area contributed by atoms with Crippen LogP contribution in [0.2, 0.25) is 0 Å². The third-order valence-electron chi connectivity index (χ3n) is 4.03. The van der Waals surface area contributed by atoms with Crippen molar-refractivity contribution in [1.29, 1.82) is 0 Å². The summed E-state index contributed by atoms with van der Waals surface area (Å²) in [4.78, 5) is 25.9. The zero-order valence-electron chi connectivity index (χ0n) is 12.5. The first-order chi connectivity index (χ1) is 10.6. The summed E-state index contributed by atoms with van der Waals surface area (Å²) in [6, 6.07) is 16.7. The van der Waals surface area contributed by atoms with Crippen molar-refractivity contribution < 1.29 is 14.3 Å². The summed E-state index contributed by atoms with van der Waals surface area (Å²) in [6.45, 7) is 1.48. The van der Waals surface area contributed by atoms with Crippen LogP contribution in [0.25, 0.3) is 0 Å². The normalized spacial score (nSPS) is 20.5. The second-order valence-corrected chi connectivity index (χ2v) is 5.35. The number of Topliss-reactive ketones (excluding diaryl/α,β-unsaturated/α-hetero) is 1. The second-order valence-electron chi connectivity index (χ2n) is 5.35. The van der Waals surface area contributed by atoms with E-state index in [4.69, 9.17) is 4.74 Å². The highest BCUT2D eigenvalue weighted by Crippen LogP contribution is 2.44. The van der Waals surface area contributed by atoms with Crippen molar-refractivity contribution in [3.63, 3.8) is 0 Å². The van der Waals surface area contributed by atoms with Gasteiger partial charge in [0.2, 0.25) is 5.91 Å². The van der Waals surface area contributed by atoms with Crippen LogP contribution >= 0.6 is 0 Å². The van der Waals surface area contributed by atoms with Gasteiger partial charge in [0.25, 0.3) is 0 Å². The van der Waals surface area contributed by atoms with Crippen molar-refractivity contribution in [2.45, 2.75) is 13.0 Å². The molecule has 0 bridgehead atoms. The van der Waals surface area contributed by atoms with Crippen molar-refractivity contribution in [3.8, 4) is 5.75 Å². The van der Waals surface area contributed by atoms with Gasteiger partial charge in [-0.2, -0.15) is 0 Å². The van der Waals surface area contributed by atoms with Crippen LogP contribution in [-0.4, -0.2) is 18.8 Å². The van der Waals surface area contributed by atoms with E-state index in [-0.39, 0.29) is 17.7 Å². The lowest BCUT2D eigenvalue weighted by Crippen LogP contribution is -2.57. The zero-order valence-corrected chi connectivity index (χ0v) is 12.5. The lowest BCUT2D eigenvalue weighted by Gasteiger charge is -2.46. The first-order valence-electron chi connectivity index (χ1n) is 7.16. The van der Waals surface area contributed by atoms with Crippen molar-refractivity contribution in [2.24, 2.45) is 5.92 Å². The zero-order chi connectivity index (χ0) is 15.7. The summed E-state index contributed by atoms with van der Waals surface area (Å²) in [5, 5.41) is 0. The van der Waals surface area contributed by atoms with Crippen LogP contribution in [0.5, 0.6) is 5.75 Å². The number of anilines is 1. The maximum Gasteiger partial charge on any atom is 0.240 e. The molecule has 2 aromatic carbocycles. The van der Waals surface area contributed by atoms with E-state index in [0.717, 1.165) is 17.0 Å². The van der Waals surface area contributed by atoms with E-state index in [2.05, 4.69) is 0 Å². The molecule has 4 heteroatoms. The number of methoxy groups -OCH3 is 1. The molecule has 1 aliphatic heterocycles. The predicted molar refractivity (Wildman–Crippen MR) is 83.8 cm³/mol. The van der Waals surface area contributed by atoms with E-state index in [1.165, 1.54) is 6.92 Å². The number of carbonyl (C=O) groups is 2. The number of ether oxygens (including phenoxy) is 1. The Labute approximate surface area is 129 Å². The van der Waals surface area contributed by atoms with Gasteiger partial charge >= 0.3 is 0 Å². The minimum atomic E-state index is -0.593. The van der Waals surface area contributed by atoms with Crippen LogP contribution < -0.4 is 9.64 Å². The number of rotatable bonds is 4. The van der Waals surface area contributed by atoms with Crippen LogP contribution in [0.1, 0.15) is 18.5 Å². The van der Waals surface area contributed by atoms with Gasteiger partial charge in [-0.3, -0.25) is 9.59 Å². The number of hydrogen-bond acceptors (Lipinski definition) is 3. The van der Waals surface area contributed by atoms with Gasteiger partial charge in [0.15, 0.2) is 0 Å². The molecular formula is C18H17NO3. The maximum atomic E-state index is 12.4. The highest BCUT2D eigenvalue weighted by Gasteiger charge is 2.51. The molecule has 2 atom stereocenters. The van der Waals surface area contributed by atoms with E-state index in [9.17, 15) is 9.59 Å². The molecule has 3 rings (SSSR count). The molecule has 1 saturated heterocycles. The number of amides is 1. The third-order valence-corrected chi connectivity index (χ3v) is 4.03. The Morgan fingerprint density at radius 1 is 1.05 bits per heavy atom. The first-order valence-corrected chi connectivity index (χ1v) is 7.16. The molecule has 0 saturated carbocycles. The summed E-state index contributed by atoms with van der Waals surface area (Å²) in [5.74, 6) is -0.101. The summed E-state index contributed by atoms with van der Waals surface area (Å²) < 4.78 is 5.14. The average molecular weight is 295 g/mol. The minimum absolute atomic E-state index is 0.0939. The molecule has 0 radical (unpaired) electrons. The quantitative estimate of drug-likeness (QED) is 0.643. The fourth-order valence-electron chi connectivity index (χ4n) is 2.91. The Morgan fingerprint density at radius 2 is 1.68 bits per heavy atom. The molecule has 0 aromatic heterocycles. The summed E-state index contributed by atoms with van der Waals surface area (Å²) in [6.07, 6.45) is 0. The Hall–Kier alpha value is -2.62. The molecule has 112 valence electrons. The highest BCUT2D eigenvalue weighted by molar-refractivity contribution is 6.15. The summed E-state index contributed by atoms with van der Waals surface area (Å²) in [7, 11) is 1.60. The van der Waals surface area contributed by atoms with Gasteiger partial charge in [-0.05, 0) is 36.8 Å². The number of ketones is 1. The van der Waals surface area contributed by atoms with Gasteiger partial charge in [0.05, 0.1) is 13.2 Å². The Morgan fingerprint density at radius 3 is 2.23 bits per heavy atom. The molecule has 2 aromatic rings. The minimum Gasteiger partial charge on any atom is -0.497 e. The summed E-state index contributed by atoms with van der Waals surface area (Å²) in [5.41, 5.74) is 1.75. The largest absolute Gasteiger partial charge is 0.497 e. The van der Waals surface area contributed by atoms with E-state index in [1.54, 1.807) is 12.0 Å². The molecule has 1 aliphatic rings. The predicted octanol–water partition coefficient (Wildman–Crippen LogP) is 2.99. The second kappa shape index (κ2) is 5.64. The van der Waals surface area contributed by atoms with Crippen LogP contribution in [-0.2, 0) is 9.59 Å². The van der Waals surface area contributed by atoms with E-state index >= 15 is 0 Å². The van der Waals surface area contributed by atoms with Gasteiger partial charge in [-0.25, -0.2) is 0 Å². The van der Waals surface area contributed by atoms with Crippen molar-refractivity contribution in [2.75, 3.05) is 12.0 Å². The maximum absolute atomic E-state index is 12.4. The molecule has 0 N–H and O–H groups in total. The molecule has 1 heterocycles. The SMILES string of the molecule is COc1ccc(N2C(=O)C(C(C)=O)C2c2ccccc2)cc1. The van der Waals surface area contributed by atoms with Crippen LogP contribution in [0.3, 0.4) is 0 Å². The van der Waals surface area contributed by atoms with E-state index in [1.807, 2.05) is 54.6 Å². The highest BCUT2D eigenvalue weighted by atomic mass is 16.5. The van der Waals surface area contributed by atoms with Crippen LogP contribution in [0.4, 0.5) is 5.69 Å².